The summed E-state index contributed by atoms with van der Waals surface area (Å²) in [4.78, 5) is 61.4. The topological polar surface area (TPSA) is 244 Å². The number of carboxylic acid groups (broad SMARTS) is 1. The number of imidazole rings is 1. The summed E-state index contributed by atoms with van der Waals surface area (Å²) in [5.41, 5.74) is 17.4. The van der Waals surface area contributed by atoms with Crippen LogP contribution in [0, 0.1) is 11.8 Å². The van der Waals surface area contributed by atoms with Crippen molar-refractivity contribution in [2.24, 2.45) is 34.0 Å². The normalized spacial score (nSPS) is 14.3. The third-order valence-electron chi connectivity index (χ3n) is 5.57. The first-order chi connectivity index (χ1) is 17.8. The van der Waals surface area contributed by atoms with Gasteiger partial charge in [0.25, 0.3) is 0 Å². The van der Waals surface area contributed by atoms with Crippen LogP contribution in [-0.2, 0) is 25.6 Å². The second-order valence-electron chi connectivity index (χ2n) is 10.1. The maximum Gasteiger partial charge on any atom is 0.326 e. The zero-order chi connectivity index (χ0) is 28.8. The summed E-state index contributed by atoms with van der Waals surface area (Å²) >= 11 is 0. The molecule has 1 aromatic heterocycles. The molecular formula is C24H43N9O5. The molecule has 3 amide bonds. The average Bonchev–Trinajstić information content (AvgIpc) is 3.32. The minimum absolute atomic E-state index is 0.0166. The molecule has 38 heavy (non-hydrogen) atoms. The highest BCUT2D eigenvalue weighted by atomic mass is 16.4. The van der Waals surface area contributed by atoms with Crippen molar-refractivity contribution in [2.45, 2.75) is 84.0 Å². The fourth-order valence-corrected chi connectivity index (χ4v) is 3.72. The van der Waals surface area contributed by atoms with Crippen LogP contribution >= 0.6 is 0 Å². The molecule has 1 aromatic rings. The van der Waals surface area contributed by atoms with Gasteiger partial charge in [-0.15, -0.1) is 0 Å². The third-order valence-corrected chi connectivity index (χ3v) is 5.57. The van der Waals surface area contributed by atoms with Gasteiger partial charge in [0, 0.05) is 24.9 Å². The van der Waals surface area contributed by atoms with Crippen molar-refractivity contribution in [3.05, 3.63) is 18.2 Å². The molecule has 1 heterocycles. The van der Waals surface area contributed by atoms with Crippen LogP contribution in [0.5, 0.6) is 0 Å². The molecule has 0 aromatic carbocycles. The van der Waals surface area contributed by atoms with E-state index in [9.17, 15) is 24.3 Å². The molecule has 4 atom stereocenters. The predicted molar refractivity (Wildman–Crippen MR) is 143 cm³/mol. The molecule has 0 saturated heterocycles. The maximum atomic E-state index is 13.3. The van der Waals surface area contributed by atoms with Crippen molar-refractivity contribution in [2.75, 3.05) is 6.54 Å². The molecule has 0 bridgehead atoms. The first-order valence-electron chi connectivity index (χ1n) is 12.7. The molecular weight excluding hydrogens is 494 g/mol. The van der Waals surface area contributed by atoms with E-state index in [0.717, 1.165) is 0 Å². The van der Waals surface area contributed by atoms with Crippen LogP contribution < -0.4 is 33.2 Å². The zero-order valence-corrected chi connectivity index (χ0v) is 22.6. The number of aliphatic carboxylic acids is 1. The van der Waals surface area contributed by atoms with Gasteiger partial charge in [-0.3, -0.25) is 19.4 Å². The molecule has 0 radical (unpaired) electrons. The zero-order valence-electron chi connectivity index (χ0n) is 22.6. The summed E-state index contributed by atoms with van der Waals surface area (Å²) in [5.74, 6) is -3.00. The molecule has 0 aliphatic carbocycles. The van der Waals surface area contributed by atoms with Gasteiger partial charge in [0.05, 0.1) is 12.4 Å². The number of H-pyrrole nitrogens is 1. The summed E-state index contributed by atoms with van der Waals surface area (Å²) in [6.07, 6.45) is 4.23. The SMILES string of the molecule is CC(C)CC(NC(=O)C(CCCN=C(N)N)NC(=O)C(CC(C)C)NC(=O)C(N)Cc1cnc[nH]1)C(=O)O. The van der Waals surface area contributed by atoms with Gasteiger partial charge in [0.15, 0.2) is 5.96 Å². The molecule has 14 heteroatoms. The number of carbonyl (C=O) groups is 4. The van der Waals surface area contributed by atoms with Gasteiger partial charge in [-0.1, -0.05) is 27.7 Å². The smallest absolute Gasteiger partial charge is 0.326 e. The van der Waals surface area contributed by atoms with Crippen molar-refractivity contribution < 1.29 is 24.3 Å². The largest absolute Gasteiger partial charge is 0.480 e. The Kier molecular flexibility index (Phi) is 13.8. The lowest BCUT2D eigenvalue weighted by Gasteiger charge is -2.26. The van der Waals surface area contributed by atoms with E-state index in [1.807, 2.05) is 27.7 Å². The monoisotopic (exact) mass is 537 g/mol. The van der Waals surface area contributed by atoms with E-state index in [1.54, 1.807) is 6.20 Å². The second kappa shape index (κ2) is 16.2. The Hall–Kier alpha value is -3.68. The maximum absolute atomic E-state index is 13.3. The number of nitrogens with two attached hydrogens (primary N) is 3. The molecule has 214 valence electrons. The Balaban J connectivity index is 3.00. The molecule has 4 unspecified atom stereocenters. The minimum atomic E-state index is -1.17. The number of guanidine groups is 1. The molecule has 0 aliphatic heterocycles. The number of aromatic nitrogens is 2. The van der Waals surface area contributed by atoms with Crippen molar-refractivity contribution in [3.8, 4) is 0 Å². The number of aromatic amines is 1. The van der Waals surface area contributed by atoms with Gasteiger partial charge in [-0.2, -0.15) is 0 Å². The first kappa shape index (κ1) is 32.3. The highest BCUT2D eigenvalue weighted by Crippen LogP contribution is 2.10. The van der Waals surface area contributed by atoms with Crippen molar-refractivity contribution in [1.29, 1.82) is 0 Å². The van der Waals surface area contributed by atoms with Gasteiger partial charge in [-0.25, -0.2) is 9.78 Å². The van der Waals surface area contributed by atoms with Crippen LogP contribution in [0.2, 0.25) is 0 Å². The first-order valence-corrected chi connectivity index (χ1v) is 12.7. The number of aliphatic imine (C=N–C) groups is 1. The molecule has 0 spiro atoms. The fourth-order valence-electron chi connectivity index (χ4n) is 3.72. The van der Waals surface area contributed by atoms with E-state index >= 15 is 0 Å². The molecule has 0 aliphatic rings. The van der Waals surface area contributed by atoms with Gasteiger partial charge >= 0.3 is 5.97 Å². The van der Waals surface area contributed by atoms with Crippen molar-refractivity contribution >= 4 is 29.7 Å². The van der Waals surface area contributed by atoms with Gasteiger partial charge in [0.2, 0.25) is 17.7 Å². The van der Waals surface area contributed by atoms with Crippen LogP contribution in [0.3, 0.4) is 0 Å². The van der Waals surface area contributed by atoms with E-state index in [0.29, 0.717) is 18.5 Å². The number of carboxylic acids is 1. The van der Waals surface area contributed by atoms with Crippen LogP contribution in [-0.4, -0.2) is 75.4 Å². The number of amides is 3. The lowest BCUT2D eigenvalue weighted by Crippen LogP contribution is -2.57. The number of hydrogen-bond acceptors (Lipinski definition) is 7. The Labute approximate surface area is 223 Å². The van der Waals surface area contributed by atoms with Crippen molar-refractivity contribution in [3.63, 3.8) is 0 Å². The van der Waals surface area contributed by atoms with Crippen LogP contribution in [0.4, 0.5) is 0 Å². The summed E-state index contributed by atoms with van der Waals surface area (Å²) in [6.45, 7) is 7.67. The number of rotatable bonds is 17. The Morgan fingerprint density at radius 2 is 1.50 bits per heavy atom. The van der Waals surface area contributed by atoms with Crippen LogP contribution in [0.1, 0.15) is 59.1 Å². The van der Waals surface area contributed by atoms with E-state index < -0.39 is 47.9 Å². The summed E-state index contributed by atoms with van der Waals surface area (Å²) in [7, 11) is 0. The van der Waals surface area contributed by atoms with E-state index in [-0.39, 0.29) is 43.6 Å². The highest BCUT2D eigenvalue weighted by molar-refractivity contribution is 5.94. The Morgan fingerprint density at radius 1 is 0.947 bits per heavy atom. The van der Waals surface area contributed by atoms with Gasteiger partial charge < -0.3 is 43.2 Å². The lowest BCUT2D eigenvalue weighted by atomic mass is 10.0. The summed E-state index contributed by atoms with van der Waals surface area (Å²) in [6, 6.07) is -4.08. The quantitative estimate of drug-likeness (QED) is 0.0686. The highest BCUT2D eigenvalue weighted by Gasteiger charge is 2.31. The number of hydrogen-bond donors (Lipinski definition) is 8. The van der Waals surface area contributed by atoms with E-state index in [2.05, 4.69) is 30.9 Å². The average molecular weight is 538 g/mol. The molecule has 14 nitrogen and oxygen atoms in total. The second-order valence-corrected chi connectivity index (χ2v) is 10.1. The Bertz CT molecular complexity index is 930. The van der Waals surface area contributed by atoms with E-state index in [1.165, 1.54) is 6.33 Å². The standard InChI is InChI=1S/C24H43N9O5/c1-13(2)8-18(32-20(34)16(25)10-15-11-28-12-30-15)22(36)31-17(6-5-7-29-24(26)27)21(35)33-19(23(37)38)9-14(3)4/h11-14,16-19H,5-10,25H2,1-4H3,(H,28,30)(H,31,36)(H,32,34)(H,33,35)(H,37,38)(H4,26,27,29). The third kappa shape index (κ3) is 12.5. The molecule has 0 fully saturated rings. The fraction of sp³-hybridized carbons (Fsp3) is 0.667. The van der Waals surface area contributed by atoms with Crippen LogP contribution in [0.25, 0.3) is 0 Å². The number of carbonyl (C=O) groups excluding carboxylic acids is 3. The van der Waals surface area contributed by atoms with Gasteiger partial charge in [-0.05, 0) is 37.5 Å². The number of nitrogens with one attached hydrogen (secondary N) is 4. The number of nitrogens with zero attached hydrogens (tertiary/aromatic N) is 2. The van der Waals surface area contributed by atoms with E-state index in [4.69, 9.17) is 17.2 Å². The summed E-state index contributed by atoms with van der Waals surface area (Å²) in [5, 5.41) is 17.4. The van der Waals surface area contributed by atoms with Crippen LogP contribution in [0.15, 0.2) is 17.5 Å². The summed E-state index contributed by atoms with van der Waals surface area (Å²) < 4.78 is 0. The minimum Gasteiger partial charge on any atom is -0.480 e. The van der Waals surface area contributed by atoms with Crippen molar-refractivity contribution in [1.82, 2.24) is 25.9 Å². The predicted octanol–water partition coefficient (Wildman–Crippen LogP) is -1.04. The molecule has 1 rings (SSSR count). The lowest BCUT2D eigenvalue weighted by molar-refractivity contribution is -0.142. The molecule has 11 N–H and O–H groups in total. The van der Waals surface area contributed by atoms with Gasteiger partial charge in [0.1, 0.15) is 18.1 Å². The Morgan fingerprint density at radius 3 is 2.03 bits per heavy atom. The molecule has 0 saturated carbocycles.